The van der Waals surface area contributed by atoms with E-state index in [2.05, 4.69) is 72.2 Å². The van der Waals surface area contributed by atoms with Gasteiger partial charge in [-0.05, 0) is 61.5 Å². The molecule has 1 fully saturated rings. The highest BCUT2D eigenvalue weighted by Crippen LogP contribution is 2.30. The van der Waals surface area contributed by atoms with Crippen LogP contribution in [0.1, 0.15) is 31.9 Å². The van der Waals surface area contributed by atoms with Gasteiger partial charge in [0.1, 0.15) is 5.75 Å². The lowest BCUT2D eigenvalue weighted by molar-refractivity contribution is 0.460. The highest BCUT2D eigenvalue weighted by atomic mass is 16.3. The van der Waals surface area contributed by atoms with Crippen LogP contribution < -0.4 is 10.2 Å². The van der Waals surface area contributed by atoms with Gasteiger partial charge in [-0.2, -0.15) is 0 Å². The van der Waals surface area contributed by atoms with Gasteiger partial charge in [-0.1, -0.05) is 18.2 Å². The first-order valence-corrected chi connectivity index (χ1v) is 9.38. The summed E-state index contributed by atoms with van der Waals surface area (Å²) in [5, 5.41) is 14.7. The van der Waals surface area contributed by atoms with E-state index in [1.807, 2.05) is 12.1 Å². The normalized spacial score (nSPS) is 21.4. The van der Waals surface area contributed by atoms with Crippen LogP contribution in [0.2, 0.25) is 0 Å². The van der Waals surface area contributed by atoms with Gasteiger partial charge in [-0.15, -0.1) is 0 Å². The molecule has 0 radical (unpaired) electrons. The zero-order valence-electron chi connectivity index (χ0n) is 15.7. The van der Waals surface area contributed by atoms with E-state index in [0.29, 0.717) is 17.8 Å². The van der Waals surface area contributed by atoms with Gasteiger partial charge in [0.15, 0.2) is 0 Å². The van der Waals surface area contributed by atoms with E-state index in [9.17, 15) is 5.11 Å². The first kappa shape index (κ1) is 17.0. The topological polar surface area (TPSA) is 40.4 Å². The number of nitrogens with zero attached hydrogens (tertiary/aromatic N) is 2. The molecule has 136 valence electrons. The highest BCUT2D eigenvalue weighted by molar-refractivity contribution is 5.84. The molecule has 0 aliphatic carbocycles. The fraction of sp³-hybridized carbons (Fsp3) is 0.364. The van der Waals surface area contributed by atoms with Crippen molar-refractivity contribution < 1.29 is 5.11 Å². The van der Waals surface area contributed by atoms with Crippen molar-refractivity contribution >= 4 is 16.6 Å². The predicted octanol–water partition coefficient (Wildman–Crippen LogP) is 4.20. The third-order valence-corrected chi connectivity index (χ3v) is 5.63. The van der Waals surface area contributed by atoms with E-state index in [0.717, 1.165) is 18.5 Å². The summed E-state index contributed by atoms with van der Waals surface area (Å²) in [5.74, 6) is 0.327. The summed E-state index contributed by atoms with van der Waals surface area (Å²) in [5.41, 5.74) is 3.70. The molecular weight excluding hydrogens is 322 g/mol. The van der Waals surface area contributed by atoms with E-state index >= 15 is 0 Å². The molecule has 3 aromatic rings. The Balaban J connectivity index is 1.49. The lowest BCUT2D eigenvalue weighted by atomic mass is 10.1. The van der Waals surface area contributed by atoms with Gasteiger partial charge in [0.05, 0.1) is 0 Å². The SMILES string of the molecule is CC(NC1CC(C)N(c2ccc3ccn(C)c3c2)C1)c1cccc(O)c1. The number of hydrogen-bond donors (Lipinski definition) is 2. The summed E-state index contributed by atoms with van der Waals surface area (Å²) < 4.78 is 2.18. The van der Waals surface area contributed by atoms with Crippen molar-refractivity contribution in [3.05, 3.63) is 60.3 Å². The maximum absolute atomic E-state index is 9.71. The number of phenolic OH excluding ortho intramolecular Hbond substituents is 1. The Morgan fingerprint density at radius 2 is 2.00 bits per heavy atom. The number of benzene rings is 2. The Morgan fingerprint density at radius 3 is 2.81 bits per heavy atom. The van der Waals surface area contributed by atoms with Gasteiger partial charge >= 0.3 is 0 Å². The minimum atomic E-state index is 0.217. The van der Waals surface area contributed by atoms with E-state index in [-0.39, 0.29) is 6.04 Å². The smallest absolute Gasteiger partial charge is 0.115 e. The fourth-order valence-electron chi connectivity index (χ4n) is 4.18. The molecule has 1 aliphatic rings. The van der Waals surface area contributed by atoms with Crippen LogP contribution >= 0.6 is 0 Å². The Hall–Kier alpha value is -2.46. The number of aromatic hydroxyl groups is 1. The Bertz CT molecular complexity index is 917. The van der Waals surface area contributed by atoms with Crippen LogP contribution in [0.25, 0.3) is 10.9 Å². The minimum Gasteiger partial charge on any atom is -0.508 e. The van der Waals surface area contributed by atoms with Crippen molar-refractivity contribution in [3.8, 4) is 5.75 Å². The van der Waals surface area contributed by atoms with Crippen molar-refractivity contribution in [3.63, 3.8) is 0 Å². The highest BCUT2D eigenvalue weighted by Gasteiger charge is 2.30. The molecule has 2 heterocycles. The molecule has 4 rings (SSSR count). The second kappa shape index (κ2) is 6.69. The number of phenols is 1. The van der Waals surface area contributed by atoms with Crippen LogP contribution in [0.3, 0.4) is 0 Å². The van der Waals surface area contributed by atoms with Crippen molar-refractivity contribution in [1.82, 2.24) is 9.88 Å². The number of aromatic nitrogens is 1. The first-order valence-electron chi connectivity index (χ1n) is 9.38. The molecule has 1 aromatic heterocycles. The quantitative estimate of drug-likeness (QED) is 0.741. The monoisotopic (exact) mass is 349 g/mol. The summed E-state index contributed by atoms with van der Waals surface area (Å²) in [4.78, 5) is 2.50. The zero-order valence-corrected chi connectivity index (χ0v) is 15.7. The molecule has 0 spiro atoms. The Kier molecular flexibility index (Phi) is 4.37. The van der Waals surface area contributed by atoms with Crippen molar-refractivity contribution in [2.75, 3.05) is 11.4 Å². The van der Waals surface area contributed by atoms with Crippen LogP contribution in [0, 0.1) is 0 Å². The average Bonchev–Trinajstić information content (AvgIpc) is 3.17. The van der Waals surface area contributed by atoms with Crippen molar-refractivity contribution in [2.24, 2.45) is 7.05 Å². The van der Waals surface area contributed by atoms with Crippen LogP contribution in [-0.2, 0) is 7.05 Å². The number of nitrogens with one attached hydrogen (secondary N) is 1. The summed E-state index contributed by atoms with van der Waals surface area (Å²) >= 11 is 0. The molecule has 2 N–H and O–H groups in total. The van der Waals surface area contributed by atoms with E-state index in [4.69, 9.17) is 0 Å². The first-order chi connectivity index (χ1) is 12.5. The molecular formula is C22H27N3O. The molecule has 1 aliphatic heterocycles. The summed E-state index contributed by atoms with van der Waals surface area (Å²) in [6.07, 6.45) is 3.23. The number of fused-ring (bicyclic) bond motifs is 1. The van der Waals surface area contributed by atoms with Gasteiger partial charge < -0.3 is 19.9 Å². The molecule has 0 amide bonds. The van der Waals surface area contributed by atoms with Crippen molar-refractivity contribution in [1.29, 1.82) is 0 Å². The maximum atomic E-state index is 9.71. The van der Waals surface area contributed by atoms with Gasteiger partial charge in [-0.25, -0.2) is 0 Å². The molecule has 26 heavy (non-hydrogen) atoms. The standard InChI is InChI=1S/C22H27N3O/c1-15-11-19(23-16(2)18-5-4-6-21(26)12-18)14-25(15)20-8-7-17-9-10-24(3)22(17)13-20/h4-10,12-13,15-16,19,23,26H,11,14H2,1-3H3. The number of rotatable bonds is 4. The molecule has 3 atom stereocenters. The average molecular weight is 349 g/mol. The molecule has 3 unspecified atom stereocenters. The summed E-state index contributed by atoms with van der Waals surface area (Å²) in [7, 11) is 2.10. The lowest BCUT2D eigenvalue weighted by Crippen LogP contribution is -2.34. The largest absolute Gasteiger partial charge is 0.508 e. The fourth-order valence-corrected chi connectivity index (χ4v) is 4.18. The van der Waals surface area contributed by atoms with Crippen LogP contribution in [0.4, 0.5) is 5.69 Å². The third-order valence-electron chi connectivity index (χ3n) is 5.63. The van der Waals surface area contributed by atoms with Gasteiger partial charge in [0.2, 0.25) is 0 Å². The van der Waals surface area contributed by atoms with Gasteiger partial charge in [0, 0.05) is 49.1 Å². The maximum Gasteiger partial charge on any atom is 0.115 e. The van der Waals surface area contributed by atoms with Crippen LogP contribution in [-0.4, -0.2) is 28.3 Å². The summed E-state index contributed by atoms with van der Waals surface area (Å²) in [6.45, 7) is 5.47. The number of anilines is 1. The number of hydrogen-bond acceptors (Lipinski definition) is 3. The second-order valence-electron chi connectivity index (χ2n) is 7.59. The van der Waals surface area contributed by atoms with Crippen LogP contribution in [0.15, 0.2) is 54.7 Å². The third kappa shape index (κ3) is 3.17. The van der Waals surface area contributed by atoms with E-state index in [1.165, 1.54) is 16.6 Å². The molecule has 2 aromatic carbocycles. The van der Waals surface area contributed by atoms with Crippen LogP contribution in [0.5, 0.6) is 5.75 Å². The predicted molar refractivity (Wildman–Crippen MR) is 108 cm³/mol. The molecule has 0 saturated carbocycles. The minimum absolute atomic E-state index is 0.217. The Morgan fingerprint density at radius 1 is 1.15 bits per heavy atom. The molecule has 4 heteroatoms. The van der Waals surface area contributed by atoms with Gasteiger partial charge in [-0.3, -0.25) is 0 Å². The number of aryl methyl sites for hydroxylation is 1. The van der Waals surface area contributed by atoms with Gasteiger partial charge in [0.25, 0.3) is 0 Å². The molecule has 4 nitrogen and oxygen atoms in total. The van der Waals surface area contributed by atoms with E-state index in [1.54, 1.807) is 6.07 Å². The molecule has 0 bridgehead atoms. The lowest BCUT2D eigenvalue weighted by Gasteiger charge is -2.24. The Labute approximate surface area is 155 Å². The second-order valence-corrected chi connectivity index (χ2v) is 7.59. The van der Waals surface area contributed by atoms with Crippen molar-refractivity contribution in [2.45, 2.75) is 38.4 Å². The zero-order chi connectivity index (χ0) is 18.3. The summed E-state index contributed by atoms with van der Waals surface area (Å²) in [6, 6.07) is 17.6. The van der Waals surface area contributed by atoms with E-state index < -0.39 is 0 Å². The molecule has 1 saturated heterocycles.